The van der Waals surface area contributed by atoms with Crippen LogP contribution in [-0.4, -0.2) is 67.3 Å². The van der Waals surface area contributed by atoms with Gasteiger partial charge in [0.05, 0.1) is 48.1 Å². The number of fused-ring (bicyclic) bond motifs is 5. The molecule has 1 saturated carbocycles. The topological polar surface area (TPSA) is 143 Å². The molecular formula is C42H44FN7O5. The largest absolute Gasteiger partial charge is 0.462 e. The SMILES string of the molecule is COC(=O)N[C@H](C(=O)N1CCC[C@H]1c1ncc(-c2ccc3c(c2)OC(c2ccc(C)o2)n2c-3cc3cc(-c4cnc([C@H]5CC[C@H](F)C5)[nH]4)ccc32)[nH]1)C(C)C. The van der Waals surface area contributed by atoms with Gasteiger partial charge < -0.3 is 34.1 Å². The Balaban J connectivity index is 1.03. The summed E-state index contributed by atoms with van der Waals surface area (Å²) >= 11 is 0. The number of carbonyl (C=O) groups excluding carboxylic acids is 2. The van der Waals surface area contributed by atoms with Crippen molar-refractivity contribution in [3.8, 4) is 39.5 Å². The maximum absolute atomic E-state index is 13.9. The molecule has 2 aromatic carbocycles. The minimum absolute atomic E-state index is 0.121. The van der Waals surface area contributed by atoms with Crippen molar-refractivity contribution in [2.75, 3.05) is 13.7 Å². The van der Waals surface area contributed by atoms with Crippen LogP contribution in [0.25, 0.3) is 44.7 Å². The highest BCUT2D eigenvalue weighted by atomic mass is 19.1. The highest BCUT2D eigenvalue weighted by Crippen LogP contribution is 2.46. The summed E-state index contributed by atoms with van der Waals surface area (Å²) in [7, 11) is 1.29. The zero-order chi connectivity index (χ0) is 38.0. The van der Waals surface area contributed by atoms with Gasteiger partial charge in [-0.15, -0.1) is 0 Å². The number of nitrogens with one attached hydrogen (secondary N) is 3. The molecule has 2 aliphatic heterocycles. The first kappa shape index (κ1) is 34.9. The fourth-order valence-corrected chi connectivity index (χ4v) is 8.52. The van der Waals surface area contributed by atoms with Crippen molar-refractivity contribution in [3.05, 3.63) is 90.2 Å². The number of alkyl carbamates (subject to hydrolysis) is 1. The van der Waals surface area contributed by atoms with Crippen LogP contribution in [0.5, 0.6) is 5.75 Å². The number of alkyl halides is 1. The molecule has 0 bridgehead atoms. The van der Waals surface area contributed by atoms with E-state index in [4.69, 9.17) is 18.9 Å². The number of benzene rings is 2. The molecule has 13 heteroatoms. The molecule has 0 radical (unpaired) electrons. The lowest BCUT2D eigenvalue weighted by molar-refractivity contribution is -0.135. The van der Waals surface area contributed by atoms with Gasteiger partial charge in [-0.05, 0) is 87.4 Å². The van der Waals surface area contributed by atoms with Gasteiger partial charge >= 0.3 is 6.09 Å². The average molecular weight is 746 g/mol. The van der Waals surface area contributed by atoms with E-state index in [2.05, 4.69) is 55.2 Å². The first-order valence-electron chi connectivity index (χ1n) is 19.1. The van der Waals surface area contributed by atoms with Gasteiger partial charge in [0.1, 0.15) is 35.4 Å². The predicted molar refractivity (Wildman–Crippen MR) is 204 cm³/mol. The van der Waals surface area contributed by atoms with Gasteiger partial charge in [-0.25, -0.2) is 19.2 Å². The van der Waals surface area contributed by atoms with E-state index in [0.29, 0.717) is 36.7 Å². The van der Waals surface area contributed by atoms with E-state index >= 15 is 0 Å². The zero-order valence-electron chi connectivity index (χ0n) is 31.3. The standard InChI is InChI=1S/C42H44FN7O5/c1-22(2)37(48-42(52)53-4)40(51)49-15-5-6-33(49)39-45-21-31(47-39)25-9-12-29-34-18-27-16-24(30-20-44-38(46-30)26-8-11-28(43)17-26)10-13-32(27)50(34)41(55-36(29)19-25)35-14-7-23(3)54-35/h7,9-10,12-14,16,18-22,26,28,33,37,41H,5-6,8,11,15,17H2,1-4H3,(H,44,46)(H,45,47)(H,48,52)/t26-,28-,33-,37-,41?/m0/s1. The molecule has 3 N–H and O–H groups in total. The Labute approximate surface area is 317 Å². The Kier molecular flexibility index (Phi) is 8.74. The van der Waals surface area contributed by atoms with E-state index in [1.165, 1.54) is 7.11 Å². The molecule has 284 valence electrons. The number of carbonyl (C=O) groups is 2. The molecule has 6 aromatic rings. The van der Waals surface area contributed by atoms with Crippen molar-refractivity contribution < 1.29 is 27.9 Å². The first-order valence-corrected chi connectivity index (χ1v) is 19.1. The highest BCUT2D eigenvalue weighted by molar-refractivity contribution is 5.92. The smallest absolute Gasteiger partial charge is 0.407 e. The number of furan rings is 1. The third-order valence-electron chi connectivity index (χ3n) is 11.4. The fraction of sp³-hybridized carbons (Fsp3) is 0.381. The van der Waals surface area contributed by atoms with Gasteiger partial charge in [0.25, 0.3) is 0 Å². The highest BCUT2D eigenvalue weighted by Gasteiger charge is 2.38. The summed E-state index contributed by atoms with van der Waals surface area (Å²) in [5.74, 6) is 3.58. The van der Waals surface area contributed by atoms with E-state index in [0.717, 1.165) is 75.5 Å². The number of ether oxygens (including phenoxy) is 2. The second-order valence-electron chi connectivity index (χ2n) is 15.3. The number of hydrogen-bond acceptors (Lipinski definition) is 7. The van der Waals surface area contributed by atoms with Crippen molar-refractivity contribution in [1.82, 2.24) is 34.7 Å². The van der Waals surface area contributed by atoms with Gasteiger partial charge in [0.2, 0.25) is 12.1 Å². The quantitative estimate of drug-likeness (QED) is 0.142. The van der Waals surface area contributed by atoms with Crippen LogP contribution in [0, 0.1) is 12.8 Å². The van der Waals surface area contributed by atoms with Gasteiger partial charge in [0, 0.05) is 34.5 Å². The van der Waals surface area contributed by atoms with Crippen LogP contribution in [0.15, 0.2) is 71.4 Å². The molecular weight excluding hydrogens is 702 g/mol. The molecule has 4 aromatic heterocycles. The van der Waals surface area contributed by atoms with Crippen LogP contribution < -0.4 is 10.1 Å². The Morgan fingerprint density at radius 1 is 0.964 bits per heavy atom. The Morgan fingerprint density at radius 2 is 1.73 bits per heavy atom. The normalized spacial score (nSPS) is 21.1. The number of methoxy groups -OCH3 is 1. The number of aromatic nitrogens is 5. The summed E-state index contributed by atoms with van der Waals surface area (Å²) in [6.07, 6.45) is 5.21. The van der Waals surface area contributed by atoms with E-state index in [1.807, 2.05) is 51.2 Å². The molecule has 55 heavy (non-hydrogen) atoms. The maximum Gasteiger partial charge on any atom is 0.407 e. The first-order chi connectivity index (χ1) is 26.6. The number of halogens is 1. The number of hydrogen-bond donors (Lipinski definition) is 3. The number of H-pyrrole nitrogens is 2. The van der Waals surface area contributed by atoms with Crippen LogP contribution in [-0.2, 0) is 9.53 Å². The average Bonchev–Trinajstić information content (AvgIpc) is 4.03. The summed E-state index contributed by atoms with van der Waals surface area (Å²) in [4.78, 5) is 43.9. The Morgan fingerprint density at radius 3 is 2.45 bits per heavy atom. The van der Waals surface area contributed by atoms with Crippen LogP contribution in [0.2, 0.25) is 0 Å². The zero-order valence-corrected chi connectivity index (χ0v) is 31.3. The van der Waals surface area contributed by atoms with Crippen LogP contribution in [0.1, 0.15) is 87.3 Å². The maximum atomic E-state index is 13.9. The molecule has 2 amide bonds. The summed E-state index contributed by atoms with van der Waals surface area (Å²) in [5, 5.41) is 3.75. The number of likely N-dealkylation sites (tertiary alicyclic amines) is 1. The number of rotatable bonds is 8. The van der Waals surface area contributed by atoms with E-state index in [1.54, 1.807) is 11.1 Å². The molecule has 1 unspecified atom stereocenters. The molecule has 6 heterocycles. The van der Waals surface area contributed by atoms with E-state index in [9.17, 15) is 14.0 Å². The molecule has 2 fully saturated rings. The third kappa shape index (κ3) is 6.24. The fourth-order valence-electron chi connectivity index (χ4n) is 8.52. The summed E-state index contributed by atoms with van der Waals surface area (Å²) < 4.78 is 33.9. The second kappa shape index (κ2) is 13.8. The minimum atomic E-state index is -0.756. The van der Waals surface area contributed by atoms with Crippen LogP contribution in [0.4, 0.5) is 9.18 Å². The van der Waals surface area contributed by atoms with Crippen molar-refractivity contribution in [1.29, 1.82) is 0 Å². The van der Waals surface area contributed by atoms with Crippen LogP contribution in [0.3, 0.4) is 0 Å². The number of nitrogens with zero attached hydrogens (tertiary/aromatic N) is 4. The number of imidazole rings is 2. The summed E-state index contributed by atoms with van der Waals surface area (Å²) in [5.41, 5.74) is 6.53. The van der Waals surface area contributed by atoms with Gasteiger partial charge in [0.15, 0.2) is 5.76 Å². The minimum Gasteiger partial charge on any atom is -0.462 e. The molecule has 12 nitrogen and oxygen atoms in total. The third-order valence-corrected chi connectivity index (χ3v) is 11.4. The van der Waals surface area contributed by atoms with E-state index in [-0.39, 0.29) is 23.8 Å². The van der Waals surface area contributed by atoms with Gasteiger partial charge in [-0.2, -0.15) is 0 Å². The molecule has 1 saturated heterocycles. The van der Waals surface area contributed by atoms with Crippen molar-refractivity contribution in [2.24, 2.45) is 5.92 Å². The summed E-state index contributed by atoms with van der Waals surface area (Å²) in [6.45, 7) is 6.30. The molecule has 9 rings (SSSR count). The van der Waals surface area contributed by atoms with E-state index < -0.39 is 24.5 Å². The van der Waals surface area contributed by atoms with Gasteiger partial charge in [-0.3, -0.25) is 9.36 Å². The van der Waals surface area contributed by atoms with Crippen molar-refractivity contribution in [3.63, 3.8) is 0 Å². The van der Waals surface area contributed by atoms with Crippen molar-refractivity contribution in [2.45, 2.75) is 83.3 Å². The van der Waals surface area contributed by atoms with Crippen molar-refractivity contribution >= 4 is 22.9 Å². The second-order valence-corrected chi connectivity index (χ2v) is 15.3. The number of amides is 2. The van der Waals surface area contributed by atoms with Gasteiger partial charge in [-0.1, -0.05) is 26.0 Å². The molecule has 0 spiro atoms. The lowest BCUT2D eigenvalue weighted by Gasteiger charge is -2.30. The lowest BCUT2D eigenvalue weighted by Crippen LogP contribution is -2.51. The lowest BCUT2D eigenvalue weighted by atomic mass is 10.0. The monoisotopic (exact) mass is 745 g/mol. The Hall–Kier alpha value is -5.85. The predicted octanol–water partition coefficient (Wildman–Crippen LogP) is 8.58. The molecule has 3 aliphatic rings. The Bertz CT molecular complexity index is 2410. The summed E-state index contributed by atoms with van der Waals surface area (Å²) in [6, 6.07) is 17.6. The molecule has 5 atom stereocenters. The number of aryl methyl sites for hydroxylation is 1. The van der Waals surface area contributed by atoms with Crippen LogP contribution >= 0.6 is 0 Å². The molecule has 1 aliphatic carbocycles. The number of aromatic amines is 2.